The molecule has 2 nitrogen and oxygen atoms in total. The van der Waals surface area contributed by atoms with Gasteiger partial charge in [0.25, 0.3) is 0 Å². The van der Waals surface area contributed by atoms with Crippen molar-refractivity contribution in [3.8, 4) is 0 Å². The first-order valence-electron chi connectivity index (χ1n) is 5.52. The lowest BCUT2D eigenvalue weighted by Crippen LogP contribution is -2.29. The molecule has 1 aliphatic carbocycles. The first kappa shape index (κ1) is 10.9. The van der Waals surface area contributed by atoms with E-state index >= 15 is 0 Å². The van der Waals surface area contributed by atoms with Gasteiger partial charge in [-0.05, 0) is 35.4 Å². The topological polar surface area (TPSA) is 20.3 Å². The third kappa shape index (κ3) is 1.45. The fourth-order valence-corrected chi connectivity index (χ4v) is 2.44. The van der Waals surface area contributed by atoms with Crippen molar-refractivity contribution in [2.24, 2.45) is 5.92 Å². The Kier molecular flexibility index (Phi) is 2.58. The van der Waals surface area contributed by atoms with E-state index in [2.05, 4.69) is 26.0 Å². The van der Waals surface area contributed by atoms with E-state index in [9.17, 15) is 4.79 Å². The second-order valence-electron chi connectivity index (χ2n) is 4.58. The summed E-state index contributed by atoms with van der Waals surface area (Å²) >= 11 is 0. The molecule has 0 atom stereocenters. The monoisotopic (exact) mass is 215 g/mol. The van der Waals surface area contributed by atoms with Crippen LogP contribution in [-0.4, -0.2) is 24.9 Å². The molecule has 0 saturated carbocycles. The van der Waals surface area contributed by atoms with Gasteiger partial charge in [0.2, 0.25) is 5.91 Å². The summed E-state index contributed by atoms with van der Waals surface area (Å²) in [6.45, 7) is 4.11. The molecule has 2 heteroatoms. The van der Waals surface area contributed by atoms with Gasteiger partial charge in [-0.1, -0.05) is 24.3 Å². The van der Waals surface area contributed by atoms with Crippen LogP contribution in [0.1, 0.15) is 13.8 Å². The molecule has 0 bridgehead atoms. The zero-order valence-electron chi connectivity index (χ0n) is 10.2. The summed E-state index contributed by atoms with van der Waals surface area (Å²) in [7, 11) is 3.62. The summed E-state index contributed by atoms with van der Waals surface area (Å²) in [5, 5.41) is 2.44. The third-order valence-corrected chi connectivity index (χ3v) is 3.33. The van der Waals surface area contributed by atoms with Crippen LogP contribution < -0.4 is 10.4 Å². The normalized spacial score (nSPS) is 15.2. The number of amides is 1. The van der Waals surface area contributed by atoms with Crippen LogP contribution in [0.15, 0.2) is 24.3 Å². The lowest BCUT2D eigenvalue weighted by Gasteiger charge is -2.19. The van der Waals surface area contributed by atoms with Crippen LogP contribution in [0.25, 0.3) is 11.1 Å². The molecule has 0 aliphatic heterocycles. The van der Waals surface area contributed by atoms with Crippen molar-refractivity contribution in [1.82, 2.24) is 4.90 Å². The van der Waals surface area contributed by atoms with Crippen LogP contribution in [0, 0.1) is 5.92 Å². The molecule has 0 spiro atoms. The van der Waals surface area contributed by atoms with Crippen molar-refractivity contribution in [3.05, 3.63) is 34.7 Å². The largest absolute Gasteiger partial charge is 0.348 e. The quantitative estimate of drug-likeness (QED) is 0.677. The Labute approximate surface area is 95.9 Å². The van der Waals surface area contributed by atoms with E-state index in [0.717, 1.165) is 0 Å². The number of carbonyl (C=O) groups is 1. The first-order valence-corrected chi connectivity index (χ1v) is 5.52. The summed E-state index contributed by atoms with van der Waals surface area (Å²) in [5.74, 6) is 0.110. The molecule has 1 aliphatic rings. The predicted molar refractivity (Wildman–Crippen MR) is 66.0 cm³/mol. The van der Waals surface area contributed by atoms with Crippen molar-refractivity contribution in [2.45, 2.75) is 13.8 Å². The SMILES string of the molecule is CC1=c2ccccc2=C(C)C1C(=O)N(C)C. The maximum atomic E-state index is 12.1. The van der Waals surface area contributed by atoms with Crippen molar-refractivity contribution < 1.29 is 4.79 Å². The van der Waals surface area contributed by atoms with Gasteiger partial charge in [-0.3, -0.25) is 4.79 Å². The maximum absolute atomic E-state index is 12.1. The van der Waals surface area contributed by atoms with E-state index in [1.807, 2.05) is 26.2 Å². The molecule has 0 aromatic heterocycles. The number of carbonyl (C=O) groups excluding carboxylic acids is 1. The molecule has 0 unspecified atom stereocenters. The number of rotatable bonds is 1. The van der Waals surface area contributed by atoms with E-state index in [0.29, 0.717) is 0 Å². The van der Waals surface area contributed by atoms with E-state index in [-0.39, 0.29) is 11.8 Å². The Hall–Kier alpha value is -1.57. The van der Waals surface area contributed by atoms with E-state index < -0.39 is 0 Å². The number of benzene rings is 1. The zero-order chi connectivity index (χ0) is 11.9. The van der Waals surface area contributed by atoms with Gasteiger partial charge in [-0.25, -0.2) is 0 Å². The van der Waals surface area contributed by atoms with Gasteiger partial charge < -0.3 is 4.90 Å². The van der Waals surface area contributed by atoms with Gasteiger partial charge in [0.05, 0.1) is 5.92 Å². The van der Waals surface area contributed by atoms with Crippen LogP contribution in [0.4, 0.5) is 0 Å². The Morgan fingerprint density at radius 1 is 1.06 bits per heavy atom. The van der Waals surface area contributed by atoms with Gasteiger partial charge in [0, 0.05) is 14.1 Å². The molecule has 0 saturated heterocycles. The number of nitrogens with zero attached hydrogens (tertiary/aromatic N) is 1. The van der Waals surface area contributed by atoms with Gasteiger partial charge >= 0.3 is 0 Å². The van der Waals surface area contributed by atoms with Crippen molar-refractivity contribution >= 4 is 17.1 Å². The Bertz CT molecular complexity index is 513. The van der Waals surface area contributed by atoms with Crippen molar-refractivity contribution in [1.29, 1.82) is 0 Å². The highest BCUT2D eigenvalue weighted by atomic mass is 16.2. The molecule has 0 heterocycles. The van der Waals surface area contributed by atoms with E-state index in [1.54, 1.807) is 4.90 Å². The van der Waals surface area contributed by atoms with Crippen LogP contribution in [0.3, 0.4) is 0 Å². The molecule has 0 N–H and O–H groups in total. The fourth-order valence-electron chi connectivity index (χ4n) is 2.44. The van der Waals surface area contributed by atoms with Gasteiger partial charge in [-0.15, -0.1) is 0 Å². The Morgan fingerprint density at radius 2 is 1.50 bits per heavy atom. The highest BCUT2D eigenvalue weighted by molar-refractivity contribution is 5.97. The molecule has 16 heavy (non-hydrogen) atoms. The predicted octanol–water partition coefficient (Wildman–Crippen LogP) is 0.746. The maximum Gasteiger partial charge on any atom is 0.233 e. The van der Waals surface area contributed by atoms with Crippen LogP contribution in [-0.2, 0) is 4.79 Å². The van der Waals surface area contributed by atoms with E-state index in [1.165, 1.54) is 21.6 Å². The molecule has 2 rings (SSSR count). The first-order chi connectivity index (χ1) is 7.54. The van der Waals surface area contributed by atoms with Crippen molar-refractivity contribution in [2.75, 3.05) is 14.1 Å². The van der Waals surface area contributed by atoms with Gasteiger partial charge in [0.15, 0.2) is 0 Å². The van der Waals surface area contributed by atoms with Gasteiger partial charge in [0.1, 0.15) is 0 Å². The minimum Gasteiger partial charge on any atom is -0.348 e. The molecule has 0 fully saturated rings. The third-order valence-electron chi connectivity index (χ3n) is 3.33. The summed E-state index contributed by atoms with van der Waals surface area (Å²) in [6.07, 6.45) is 0. The minimum atomic E-state index is -0.0626. The minimum absolute atomic E-state index is 0.0626. The number of fused-ring (bicyclic) bond motifs is 1. The second-order valence-corrected chi connectivity index (χ2v) is 4.58. The molecule has 1 aromatic rings. The van der Waals surface area contributed by atoms with Crippen molar-refractivity contribution in [3.63, 3.8) is 0 Å². The highest BCUT2D eigenvalue weighted by Gasteiger charge is 2.28. The smallest absolute Gasteiger partial charge is 0.233 e. The van der Waals surface area contributed by atoms with Crippen LogP contribution in [0.5, 0.6) is 0 Å². The lowest BCUT2D eigenvalue weighted by molar-refractivity contribution is -0.129. The van der Waals surface area contributed by atoms with Gasteiger partial charge in [-0.2, -0.15) is 0 Å². The second kappa shape index (κ2) is 3.78. The average Bonchev–Trinajstić information content (AvgIpc) is 2.52. The number of hydrogen-bond donors (Lipinski definition) is 0. The summed E-state index contributed by atoms with van der Waals surface area (Å²) in [5.41, 5.74) is 2.35. The molecule has 1 amide bonds. The molecule has 0 radical (unpaired) electrons. The lowest BCUT2D eigenvalue weighted by atomic mass is 9.95. The zero-order valence-corrected chi connectivity index (χ0v) is 10.2. The summed E-state index contributed by atoms with van der Waals surface area (Å²) in [6, 6.07) is 8.24. The van der Waals surface area contributed by atoms with Crippen LogP contribution >= 0.6 is 0 Å². The molecule has 1 aromatic carbocycles. The number of hydrogen-bond acceptors (Lipinski definition) is 1. The summed E-state index contributed by atoms with van der Waals surface area (Å²) in [4.78, 5) is 13.8. The average molecular weight is 215 g/mol. The Balaban J connectivity index is 2.65. The molecular formula is C14H17NO. The van der Waals surface area contributed by atoms with E-state index in [4.69, 9.17) is 0 Å². The Morgan fingerprint density at radius 3 is 1.88 bits per heavy atom. The molecular weight excluding hydrogens is 198 g/mol. The fraction of sp³-hybridized carbons (Fsp3) is 0.357. The molecule has 84 valence electrons. The standard InChI is InChI=1S/C14H17NO/c1-9-11-7-5-6-8-12(11)10(2)13(9)14(16)15(3)4/h5-8,13H,1-4H3. The summed E-state index contributed by atoms with van der Waals surface area (Å²) < 4.78 is 0. The van der Waals surface area contributed by atoms with Crippen LogP contribution in [0.2, 0.25) is 0 Å². The highest BCUT2D eigenvalue weighted by Crippen LogP contribution is 2.24.